The quantitative estimate of drug-likeness (QED) is 0.641. The summed E-state index contributed by atoms with van der Waals surface area (Å²) < 4.78 is 5.62. The van der Waals surface area contributed by atoms with Crippen LogP contribution >= 0.6 is 0 Å². The molecule has 34 heavy (non-hydrogen) atoms. The largest absolute Gasteiger partial charge is 0.475 e. The maximum absolute atomic E-state index is 13.1. The van der Waals surface area contributed by atoms with E-state index in [1.165, 1.54) is 11.9 Å². The number of aromatic nitrogens is 2. The Labute approximate surface area is 201 Å². The summed E-state index contributed by atoms with van der Waals surface area (Å²) >= 11 is 0. The second-order valence-corrected chi connectivity index (χ2v) is 9.58. The first-order chi connectivity index (χ1) is 16.5. The Kier molecular flexibility index (Phi) is 7.65. The van der Waals surface area contributed by atoms with Gasteiger partial charge >= 0.3 is 0 Å². The minimum atomic E-state index is -0.245. The number of nitrogens with two attached hydrogens (primary N) is 1. The standard InChI is InChI=1S/C26H35N5O3/c1-3-17(2)15-28-22(32)14-18-4-6-19(7-5-18)20-8-10-21(11-9-20)31-12-13-34-25-23(26(31)33)24(27)29-16-30-25/h8-11,16-19H,3-7,12-15H2,1-2H3,(H,28,32)(H2,27,29,30)/t17-,18-,19-/m0/s1. The van der Waals surface area contributed by atoms with Crippen LogP contribution in [-0.4, -0.2) is 41.5 Å². The van der Waals surface area contributed by atoms with E-state index in [9.17, 15) is 9.59 Å². The van der Waals surface area contributed by atoms with Crippen LogP contribution in [0.1, 0.15) is 74.2 Å². The average molecular weight is 466 g/mol. The molecule has 2 amide bonds. The average Bonchev–Trinajstić information content (AvgIpc) is 3.02. The Hall–Kier alpha value is -3.16. The fourth-order valence-corrected chi connectivity index (χ4v) is 4.80. The van der Waals surface area contributed by atoms with Gasteiger partial charge in [0.05, 0.1) is 6.54 Å². The molecule has 1 aromatic carbocycles. The topological polar surface area (TPSA) is 110 Å². The van der Waals surface area contributed by atoms with Crippen LogP contribution in [0.25, 0.3) is 0 Å². The molecule has 0 spiro atoms. The third-order valence-corrected chi connectivity index (χ3v) is 7.20. The number of rotatable bonds is 7. The predicted molar refractivity (Wildman–Crippen MR) is 132 cm³/mol. The molecule has 2 aromatic rings. The summed E-state index contributed by atoms with van der Waals surface area (Å²) in [7, 11) is 0. The van der Waals surface area contributed by atoms with Gasteiger partial charge in [-0.15, -0.1) is 0 Å². The van der Waals surface area contributed by atoms with Crippen molar-refractivity contribution in [3.05, 3.63) is 41.7 Å². The van der Waals surface area contributed by atoms with Crippen molar-refractivity contribution >= 4 is 23.3 Å². The summed E-state index contributed by atoms with van der Waals surface area (Å²) in [5, 5.41) is 3.08. The number of anilines is 2. The van der Waals surface area contributed by atoms with Crippen molar-refractivity contribution in [3.8, 4) is 5.88 Å². The third-order valence-electron chi connectivity index (χ3n) is 7.20. The van der Waals surface area contributed by atoms with Crippen LogP contribution in [0.2, 0.25) is 0 Å². The molecule has 1 aromatic heterocycles. The molecular weight excluding hydrogens is 430 g/mol. The molecule has 1 saturated carbocycles. The second-order valence-electron chi connectivity index (χ2n) is 9.58. The van der Waals surface area contributed by atoms with Crippen LogP contribution in [0.3, 0.4) is 0 Å². The van der Waals surface area contributed by atoms with Crippen LogP contribution < -0.4 is 20.7 Å². The molecule has 8 nitrogen and oxygen atoms in total. The summed E-state index contributed by atoms with van der Waals surface area (Å²) in [5.74, 6) is 1.79. The summed E-state index contributed by atoms with van der Waals surface area (Å²) in [6, 6.07) is 8.22. The number of carbonyl (C=O) groups is 2. The molecule has 182 valence electrons. The first-order valence-corrected chi connectivity index (χ1v) is 12.4. The van der Waals surface area contributed by atoms with Gasteiger partial charge in [-0.3, -0.25) is 9.59 Å². The van der Waals surface area contributed by atoms with Gasteiger partial charge in [-0.2, -0.15) is 0 Å². The predicted octanol–water partition coefficient (Wildman–Crippen LogP) is 3.92. The number of carbonyl (C=O) groups excluding carboxylic acids is 2. The molecule has 8 heteroatoms. The first kappa shape index (κ1) is 24.0. The monoisotopic (exact) mass is 465 g/mol. The zero-order valence-electron chi connectivity index (χ0n) is 20.1. The van der Waals surface area contributed by atoms with Crippen LogP contribution in [0, 0.1) is 11.8 Å². The Balaban J connectivity index is 1.33. The van der Waals surface area contributed by atoms with Crippen molar-refractivity contribution in [1.82, 2.24) is 15.3 Å². The molecule has 2 aliphatic rings. The van der Waals surface area contributed by atoms with Gasteiger partial charge in [0.25, 0.3) is 5.91 Å². The Bertz CT molecular complexity index is 1000. The lowest BCUT2D eigenvalue weighted by atomic mass is 9.77. The van der Waals surface area contributed by atoms with Crippen LogP contribution in [0.5, 0.6) is 5.88 Å². The number of nitrogen functional groups attached to an aromatic ring is 1. The normalized spacial score (nSPS) is 21.2. The molecule has 3 N–H and O–H groups in total. The third kappa shape index (κ3) is 5.48. The highest BCUT2D eigenvalue weighted by Gasteiger charge is 2.29. The molecular formula is C26H35N5O3. The molecule has 1 aliphatic heterocycles. The van der Waals surface area contributed by atoms with Gasteiger partial charge in [-0.05, 0) is 61.1 Å². The molecule has 2 heterocycles. The van der Waals surface area contributed by atoms with Crippen molar-refractivity contribution in [1.29, 1.82) is 0 Å². The van der Waals surface area contributed by atoms with E-state index in [2.05, 4.69) is 41.3 Å². The van der Waals surface area contributed by atoms with E-state index in [1.807, 2.05) is 12.1 Å². The Morgan fingerprint density at radius 2 is 1.94 bits per heavy atom. The molecule has 1 fully saturated rings. The van der Waals surface area contributed by atoms with Crippen LogP contribution in [0.4, 0.5) is 11.5 Å². The smallest absolute Gasteiger partial charge is 0.267 e. The fourth-order valence-electron chi connectivity index (χ4n) is 4.80. The molecule has 0 radical (unpaired) electrons. The number of ether oxygens (including phenoxy) is 1. The summed E-state index contributed by atoms with van der Waals surface area (Å²) in [5.41, 5.74) is 8.24. The zero-order valence-corrected chi connectivity index (χ0v) is 20.1. The molecule has 1 aliphatic carbocycles. The van der Waals surface area contributed by atoms with E-state index in [4.69, 9.17) is 10.5 Å². The lowest BCUT2D eigenvalue weighted by molar-refractivity contribution is -0.122. The zero-order chi connectivity index (χ0) is 24.1. The lowest BCUT2D eigenvalue weighted by Crippen LogP contribution is -2.32. The summed E-state index contributed by atoms with van der Waals surface area (Å²) in [4.78, 5) is 35.0. The molecule has 1 atom stereocenters. The number of benzene rings is 1. The van der Waals surface area contributed by atoms with E-state index in [-0.39, 0.29) is 29.1 Å². The molecule has 0 unspecified atom stereocenters. The summed E-state index contributed by atoms with van der Waals surface area (Å²) in [6.45, 7) is 5.84. The maximum Gasteiger partial charge on any atom is 0.267 e. The van der Waals surface area contributed by atoms with Gasteiger partial charge in [0.2, 0.25) is 11.8 Å². The number of fused-ring (bicyclic) bond motifs is 1. The van der Waals surface area contributed by atoms with Gasteiger partial charge in [0.15, 0.2) is 0 Å². The maximum atomic E-state index is 13.1. The number of hydrogen-bond donors (Lipinski definition) is 2. The van der Waals surface area contributed by atoms with Gasteiger partial charge in [0, 0.05) is 18.7 Å². The first-order valence-electron chi connectivity index (χ1n) is 12.4. The van der Waals surface area contributed by atoms with E-state index in [0.29, 0.717) is 37.3 Å². The second kappa shape index (κ2) is 10.8. The van der Waals surface area contributed by atoms with Crippen molar-refractivity contribution in [2.75, 3.05) is 30.3 Å². The van der Waals surface area contributed by atoms with Crippen molar-refractivity contribution in [3.63, 3.8) is 0 Å². The van der Waals surface area contributed by atoms with E-state index < -0.39 is 0 Å². The lowest BCUT2D eigenvalue weighted by Gasteiger charge is -2.29. The molecule has 0 saturated heterocycles. The van der Waals surface area contributed by atoms with Gasteiger partial charge in [-0.25, -0.2) is 9.97 Å². The number of nitrogens with one attached hydrogen (secondary N) is 1. The Morgan fingerprint density at radius 3 is 2.65 bits per heavy atom. The fraction of sp³-hybridized carbons (Fsp3) is 0.538. The number of nitrogens with zero attached hydrogens (tertiary/aromatic N) is 3. The Morgan fingerprint density at radius 1 is 1.21 bits per heavy atom. The minimum Gasteiger partial charge on any atom is -0.475 e. The highest BCUT2D eigenvalue weighted by atomic mass is 16.5. The van der Waals surface area contributed by atoms with Gasteiger partial charge < -0.3 is 20.7 Å². The van der Waals surface area contributed by atoms with E-state index in [1.54, 1.807) is 4.90 Å². The van der Waals surface area contributed by atoms with Crippen LogP contribution in [-0.2, 0) is 4.79 Å². The van der Waals surface area contributed by atoms with Gasteiger partial charge in [0.1, 0.15) is 24.3 Å². The number of hydrogen-bond acceptors (Lipinski definition) is 6. The van der Waals surface area contributed by atoms with Crippen molar-refractivity contribution in [2.24, 2.45) is 11.8 Å². The summed E-state index contributed by atoms with van der Waals surface area (Å²) in [6.07, 6.45) is 7.33. The molecule has 0 bridgehead atoms. The number of amides is 2. The molecule has 4 rings (SSSR count). The van der Waals surface area contributed by atoms with Crippen molar-refractivity contribution in [2.45, 2.75) is 58.3 Å². The van der Waals surface area contributed by atoms with E-state index >= 15 is 0 Å². The highest BCUT2D eigenvalue weighted by molar-refractivity contribution is 6.10. The van der Waals surface area contributed by atoms with Gasteiger partial charge in [-0.1, -0.05) is 32.4 Å². The van der Waals surface area contributed by atoms with Crippen molar-refractivity contribution < 1.29 is 14.3 Å². The SMILES string of the molecule is CC[C@H](C)CNC(=O)C[C@H]1CC[C@H](c2ccc(N3CCOc4ncnc(N)c4C3=O)cc2)CC1. The minimum absolute atomic E-state index is 0.129. The van der Waals surface area contributed by atoms with E-state index in [0.717, 1.165) is 44.3 Å². The highest BCUT2D eigenvalue weighted by Crippen LogP contribution is 2.38. The van der Waals surface area contributed by atoms with Crippen LogP contribution in [0.15, 0.2) is 30.6 Å².